The molecule has 0 aliphatic carbocycles. The van der Waals surface area contributed by atoms with Gasteiger partial charge in [0.2, 0.25) is 0 Å². The smallest absolute Gasteiger partial charge is 0.281 e. The van der Waals surface area contributed by atoms with Gasteiger partial charge in [-0.2, -0.15) is 0 Å². The fourth-order valence-electron chi connectivity index (χ4n) is 0.801. The Hall–Kier alpha value is -1.04. The van der Waals surface area contributed by atoms with E-state index in [0.717, 1.165) is 0 Å². The Labute approximate surface area is 81.1 Å². The first-order valence-electron chi connectivity index (χ1n) is 3.25. The van der Waals surface area contributed by atoms with E-state index >= 15 is 0 Å². The van der Waals surface area contributed by atoms with Gasteiger partial charge in [-0.25, -0.2) is 13.8 Å². The normalized spacial score (nSPS) is 10.5. The number of pyridine rings is 1. The molecule has 0 aliphatic heterocycles. The maximum absolute atomic E-state index is 12.2. The van der Waals surface area contributed by atoms with Crippen molar-refractivity contribution < 1.29 is 13.6 Å². The summed E-state index contributed by atoms with van der Waals surface area (Å²) in [6.45, 7) is 0. The first kappa shape index (κ1) is 10.0. The third kappa shape index (κ3) is 2.00. The number of carbonyl (C=O) groups excluding carboxylic acids is 1. The summed E-state index contributed by atoms with van der Waals surface area (Å²) in [6.07, 6.45) is -2.48. The molecular weight excluding hydrogens is 246 g/mol. The molecule has 1 heterocycles. The summed E-state index contributed by atoms with van der Waals surface area (Å²) in [4.78, 5) is 13.8. The fraction of sp³-hybridized carbons (Fsp3) is 0.143. The predicted octanol–water partition coefficient (Wildman–Crippen LogP) is 2.18. The van der Waals surface area contributed by atoms with Gasteiger partial charge in [0.1, 0.15) is 11.5 Å². The van der Waals surface area contributed by atoms with Crippen molar-refractivity contribution in [2.75, 3.05) is 5.73 Å². The summed E-state index contributed by atoms with van der Waals surface area (Å²) in [7, 11) is 0. The number of halogens is 3. The largest absolute Gasteiger partial charge is 0.383 e. The Bertz CT molecular complexity index is 344. The third-order valence-electron chi connectivity index (χ3n) is 1.40. The van der Waals surface area contributed by atoms with Crippen LogP contribution in [-0.4, -0.2) is 11.3 Å². The minimum atomic E-state index is -2.80. The highest BCUT2D eigenvalue weighted by Gasteiger charge is 2.16. The molecule has 0 spiro atoms. The highest BCUT2D eigenvalue weighted by atomic mass is 79.9. The Morgan fingerprint density at radius 2 is 2.23 bits per heavy atom. The van der Waals surface area contributed by atoms with Crippen LogP contribution in [0.5, 0.6) is 0 Å². The zero-order chi connectivity index (χ0) is 10.0. The second-order valence-electron chi connectivity index (χ2n) is 2.25. The second-order valence-corrected chi connectivity index (χ2v) is 3.10. The van der Waals surface area contributed by atoms with Gasteiger partial charge in [0, 0.05) is 5.56 Å². The molecule has 0 aromatic carbocycles. The molecule has 0 unspecified atom stereocenters. The zero-order valence-corrected chi connectivity index (χ0v) is 7.88. The molecule has 1 aromatic rings. The average molecular weight is 251 g/mol. The van der Waals surface area contributed by atoms with Crippen LogP contribution < -0.4 is 5.73 Å². The van der Waals surface area contributed by atoms with E-state index in [4.69, 9.17) is 5.73 Å². The summed E-state index contributed by atoms with van der Waals surface area (Å²) >= 11 is 2.98. The van der Waals surface area contributed by atoms with Crippen molar-refractivity contribution in [2.24, 2.45) is 0 Å². The van der Waals surface area contributed by atoms with Gasteiger partial charge in [-0.1, -0.05) is 0 Å². The third-order valence-corrected chi connectivity index (χ3v) is 2.03. The second kappa shape index (κ2) is 3.78. The number of aldehydes is 1. The number of alkyl halides is 2. The first-order chi connectivity index (χ1) is 6.06. The summed E-state index contributed by atoms with van der Waals surface area (Å²) < 4.78 is 24.8. The van der Waals surface area contributed by atoms with Gasteiger partial charge in [-0.15, -0.1) is 0 Å². The lowest BCUT2D eigenvalue weighted by Crippen LogP contribution is -2.02. The van der Waals surface area contributed by atoms with Crippen LogP contribution in [0.4, 0.5) is 14.6 Å². The SMILES string of the molecule is Nc1nc(C(F)F)c(C=O)cc1Br. The zero-order valence-electron chi connectivity index (χ0n) is 6.30. The number of hydrogen-bond donors (Lipinski definition) is 1. The van der Waals surface area contributed by atoms with Crippen molar-refractivity contribution >= 4 is 28.0 Å². The molecule has 70 valence electrons. The minimum absolute atomic E-state index is 0.0547. The van der Waals surface area contributed by atoms with E-state index in [-0.39, 0.29) is 11.4 Å². The van der Waals surface area contributed by atoms with Gasteiger partial charge in [-0.3, -0.25) is 4.79 Å². The maximum atomic E-state index is 12.2. The number of nitrogen functional groups attached to an aromatic ring is 1. The lowest BCUT2D eigenvalue weighted by atomic mass is 10.2. The Kier molecular flexibility index (Phi) is 2.92. The first-order valence-corrected chi connectivity index (χ1v) is 4.04. The number of aromatic nitrogens is 1. The fourth-order valence-corrected chi connectivity index (χ4v) is 1.14. The number of anilines is 1. The van der Waals surface area contributed by atoms with E-state index in [0.29, 0.717) is 10.8 Å². The van der Waals surface area contributed by atoms with Crippen molar-refractivity contribution in [2.45, 2.75) is 6.43 Å². The van der Waals surface area contributed by atoms with E-state index in [9.17, 15) is 13.6 Å². The summed E-state index contributed by atoms with van der Waals surface area (Å²) in [5.41, 5.74) is 4.53. The molecule has 13 heavy (non-hydrogen) atoms. The van der Waals surface area contributed by atoms with E-state index in [2.05, 4.69) is 20.9 Å². The van der Waals surface area contributed by atoms with Gasteiger partial charge >= 0.3 is 0 Å². The van der Waals surface area contributed by atoms with Gasteiger partial charge < -0.3 is 5.73 Å². The highest BCUT2D eigenvalue weighted by molar-refractivity contribution is 9.10. The molecule has 0 aliphatic rings. The van der Waals surface area contributed by atoms with Crippen molar-refractivity contribution in [3.05, 3.63) is 21.8 Å². The quantitative estimate of drug-likeness (QED) is 0.819. The molecule has 1 rings (SSSR count). The van der Waals surface area contributed by atoms with E-state index in [1.807, 2.05) is 0 Å². The average Bonchev–Trinajstić information content (AvgIpc) is 2.08. The van der Waals surface area contributed by atoms with Crippen LogP contribution in [0.15, 0.2) is 10.5 Å². The molecule has 1 aromatic heterocycles. The van der Waals surface area contributed by atoms with Crippen LogP contribution in [0.1, 0.15) is 22.5 Å². The van der Waals surface area contributed by atoms with Crippen LogP contribution in [0, 0.1) is 0 Å². The van der Waals surface area contributed by atoms with Gasteiger partial charge in [0.25, 0.3) is 6.43 Å². The monoisotopic (exact) mass is 250 g/mol. The molecule has 6 heteroatoms. The van der Waals surface area contributed by atoms with Gasteiger partial charge in [-0.05, 0) is 22.0 Å². The van der Waals surface area contributed by atoms with Crippen molar-refractivity contribution in [1.29, 1.82) is 0 Å². The van der Waals surface area contributed by atoms with Crippen LogP contribution in [0.2, 0.25) is 0 Å². The van der Waals surface area contributed by atoms with Gasteiger partial charge in [0.15, 0.2) is 6.29 Å². The molecule has 0 fully saturated rings. The number of nitrogens with zero attached hydrogens (tertiary/aromatic N) is 1. The van der Waals surface area contributed by atoms with Crippen LogP contribution in [0.25, 0.3) is 0 Å². The van der Waals surface area contributed by atoms with Crippen LogP contribution in [0.3, 0.4) is 0 Å². The molecule has 0 saturated heterocycles. The molecule has 0 atom stereocenters. The molecule has 0 amide bonds. The van der Waals surface area contributed by atoms with Crippen LogP contribution in [-0.2, 0) is 0 Å². The molecule has 0 radical (unpaired) electrons. The van der Waals surface area contributed by atoms with Crippen molar-refractivity contribution in [1.82, 2.24) is 4.98 Å². The summed E-state index contributed by atoms with van der Waals surface area (Å²) in [5, 5.41) is 0. The van der Waals surface area contributed by atoms with Crippen molar-refractivity contribution in [3.63, 3.8) is 0 Å². The number of rotatable bonds is 2. The summed E-state index contributed by atoms with van der Waals surface area (Å²) in [5.74, 6) is -0.0547. The Morgan fingerprint density at radius 3 is 2.69 bits per heavy atom. The van der Waals surface area contributed by atoms with Gasteiger partial charge in [0.05, 0.1) is 4.47 Å². The number of nitrogens with two attached hydrogens (primary N) is 1. The summed E-state index contributed by atoms with van der Waals surface area (Å²) in [6, 6.07) is 1.22. The lowest BCUT2D eigenvalue weighted by Gasteiger charge is -2.04. The van der Waals surface area contributed by atoms with Crippen molar-refractivity contribution in [3.8, 4) is 0 Å². The molecule has 3 nitrogen and oxygen atoms in total. The highest BCUT2D eigenvalue weighted by Crippen LogP contribution is 2.26. The number of hydrogen-bond acceptors (Lipinski definition) is 3. The van der Waals surface area contributed by atoms with Crippen LogP contribution >= 0.6 is 15.9 Å². The Morgan fingerprint density at radius 1 is 1.62 bits per heavy atom. The molecule has 0 bridgehead atoms. The maximum Gasteiger partial charge on any atom is 0.281 e. The molecule has 2 N–H and O–H groups in total. The van der Waals surface area contributed by atoms with E-state index < -0.39 is 12.1 Å². The van der Waals surface area contributed by atoms with E-state index in [1.165, 1.54) is 6.07 Å². The lowest BCUT2D eigenvalue weighted by molar-refractivity contribution is 0.110. The molecule has 0 saturated carbocycles. The van der Waals surface area contributed by atoms with E-state index in [1.54, 1.807) is 0 Å². The molecular formula is C7H5BrF2N2O. The topological polar surface area (TPSA) is 56.0 Å². The Balaban J connectivity index is 3.32. The predicted molar refractivity (Wildman–Crippen MR) is 46.7 cm³/mol. The number of carbonyl (C=O) groups is 1. The minimum Gasteiger partial charge on any atom is -0.383 e. The standard InChI is InChI=1S/C7H5BrF2N2O/c8-4-1-3(2-13)5(6(9)10)12-7(4)11/h1-2,6H,(H2,11,12).